The molecule has 0 saturated carbocycles. The third-order valence-corrected chi connectivity index (χ3v) is 4.35. The fourth-order valence-corrected chi connectivity index (χ4v) is 2.62. The quantitative estimate of drug-likeness (QED) is 0.896. The van der Waals surface area contributed by atoms with Crippen LogP contribution in [0.5, 0.6) is 0 Å². The van der Waals surface area contributed by atoms with Crippen LogP contribution in [0.15, 0.2) is 18.3 Å². The van der Waals surface area contributed by atoms with Gasteiger partial charge in [-0.2, -0.15) is 0 Å². The number of amides is 3. The smallest absolute Gasteiger partial charge is 0.319 e. The molecule has 1 aliphatic heterocycles. The van der Waals surface area contributed by atoms with E-state index >= 15 is 0 Å². The van der Waals surface area contributed by atoms with Gasteiger partial charge in [0.05, 0.1) is 11.9 Å². The summed E-state index contributed by atoms with van der Waals surface area (Å²) in [6.45, 7) is 7.32. The van der Waals surface area contributed by atoms with Crippen LogP contribution >= 0.6 is 0 Å². The average molecular weight is 318 g/mol. The number of likely N-dealkylation sites (tertiary alicyclic amines) is 1. The Bertz CT molecular complexity index is 536. The fraction of sp³-hybridized carbons (Fsp3) is 0.588. The standard InChI is InChI=1S/C17H26N4O2/c1-4-12(2)16(22)21-9-7-14(8-10-21)19-17(23)20-15-6-5-13(3)18-11-15/h5-6,11-12,14H,4,7-10H2,1-3H3,(H2,19,20,23)/t12-/m0/s1. The van der Waals surface area contributed by atoms with Crippen molar-refractivity contribution in [2.75, 3.05) is 18.4 Å². The first kappa shape index (κ1) is 17.2. The van der Waals surface area contributed by atoms with Crippen molar-refractivity contribution in [3.05, 3.63) is 24.0 Å². The Kier molecular flexibility index (Phi) is 5.96. The minimum absolute atomic E-state index is 0.0804. The second-order valence-electron chi connectivity index (χ2n) is 6.20. The van der Waals surface area contributed by atoms with Crippen molar-refractivity contribution in [3.63, 3.8) is 0 Å². The number of hydrogen-bond donors (Lipinski definition) is 2. The van der Waals surface area contributed by atoms with Crippen molar-refractivity contribution < 1.29 is 9.59 Å². The van der Waals surface area contributed by atoms with Crippen LogP contribution in [-0.4, -0.2) is 41.0 Å². The maximum absolute atomic E-state index is 12.1. The highest BCUT2D eigenvalue weighted by atomic mass is 16.2. The summed E-state index contributed by atoms with van der Waals surface area (Å²) in [6.07, 6.45) is 4.09. The molecule has 0 unspecified atom stereocenters. The first-order valence-electron chi connectivity index (χ1n) is 8.28. The molecule has 1 saturated heterocycles. The molecule has 0 aromatic carbocycles. The Morgan fingerprint density at radius 3 is 2.61 bits per heavy atom. The number of hydrogen-bond acceptors (Lipinski definition) is 3. The molecule has 1 aliphatic rings. The van der Waals surface area contributed by atoms with Crippen LogP contribution in [0.3, 0.4) is 0 Å². The molecular formula is C17H26N4O2. The van der Waals surface area contributed by atoms with Crippen LogP contribution in [0.2, 0.25) is 0 Å². The van der Waals surface area contributed by atoms with Gasteiger partial charge >= 0.3 is 6.03 Å². The van der Waals surface area contributed by atoms with Crippen molar-refractivity contribution >= 4 is 17.6 Å². The van der Waals surface area contributed by atoms with E-state index in [1.54, 1.807) is 6.20 Å². The molecule has 23 heavy (non-hydrogen) atoms. The number of piperidine rings is 1. The monoisotopic (exact) mass is 318 g/mol. The normalized spacial score (nSPS) is 16.7. The number of nitrogens with zero attached hydrogens (tertiary/aromatic N) is 2. The van der Waals surface area contributed by atoms with Gasteiger partial charge in [0, 0.05) is 30.7 Å². The third kappa shape index (κ3) is 4.94. The largest absolute Gasteiger partial charge is 0.342 e. The van der Waals surface area contributed by atoms with Gasteiger partial charge in [-0.3, -0.25) is 9.78 Å². The number of aryl methyl sites for hydroxylation is 1. The van der Waals surface area contributed by atoms with Crippen molar-refractivity contribution in [2.24, 2.45) is 5.92 Å². The van der Waals surface area contributed by atoms with Gasteiger partial charge in [0.15, 0.2) is 0 Å². The molecule has 6 nitrogen and oxygen atoms in total. The van der Waals surface area contributed by atoms with E-state index in [1.165, 1.54) is 0 Å². The first-order valence-corrected chi connectivity index (χ1v) is 8.28. The summed E-state index contributed by atoms with van der Waals surface area (Å²) in [5.41, 5.74) is 1.59. The third-order valence-electron chi connectivity index (χ3n) is 4.35. The maximum Gasteiger partial charge on any atom is 0.319 e. The average Bonchev–Trinajstić information content (AvgIpc) is 2.56. The van der Waals surface area contributed by atoms with E-state index in [4.69, 9.17) is 0 Å². The molecule has 1 aromatic heterocycles. The summed E-state index contributed by atoms with van der Waals surface area (Å²) in [5.74, 6) is 0.304. The van der Waals surface area contributed by atoms with E-state index in [1.807, 2.05) is 37.8 Å². The second kappa shape index (κ2) is 7.94. The number of carbonyl (C=O) groups is 2. The first-order chi connectivity index (χ1) is 11.0. The van der Waals surface area contributed by atoms with Gasteiger partial charge in [0.25, 0.3) is 0 Å². The zero-order chi connectivity index (χ0) is 16.8. The summed E-state index contributed by atoms with van der Waals surface area (Å²) in [4.78, 5) is 30.2. The van der Waals surface area contributed by atoms with Gasteiger partial charge < -0.3 is 15.5 Å². The van der Waals surface area contributed by atoms with E-state index < -0.39 is 0 Å². The predicted molar refractivity (Wildman–Crippen MR) is 90.2 cm³/mol. The number of pyridine rings is 1. The topological polar surface area (TPSA) is 74.3 Å². The molecule has 0 radical (unpaired) electrons. The van der Waals surface area contributed by atoms with Gasteiger partial charge in [-0.15, -0.1) is 0 Å². The van der Waals surface area contributed by atoms with Crippen molar-refractivity contribution in [1.82, 2.24) is 15.2 Å². The molecule has 2 rings (SSSR count). The lowest BCUT2D eigenvalue weighted by molar-refractivity contribution is -0.136. The number of aromatic nitrogens is 1. The second-order valence-corrected chi connectivity index (χ2v) is 6.20. The van der Waals surface area contributed by atoms with E-state index in [-0.39, 0.29) is 23.9 Å². The predicted octanol–water partition coefficient (Wildman–Crippen LogP) is 2.55. The van der Waals surface area contributed by atoms with Crippen molar-refractivity contribution in [3.8, 4) is 0 Å². The highest BCUT2D eigenvalue weighted by Crippen LogP contribution is 2.15. The zero-order valence-electron chi connectivity index (χ0n) is 14.1. The highest BCUT2D eigenvalue weighted by molar-refractivity contribution is 5.89. The fourth-order valence-electron chi connectivity index (χ4n) is 2.62. The minimum Gasteiger partial charge on any atom is -0.342 e. The Morgan fingerprint density at radius 2 is 2.04 bits per heavy atom. The molecular weight excluding hydrogens is 292 g/mol. The number of carbonyl (C=O) groups excluding carboxylic acids is 2. The summed E-state index contributed by atoms with van der Waals surface area (Å²) in [7, 11) is 0. The van der Waals surface area contributed by atoms with Crippen molar-refractivity contribution in [2.45, 2.75) is 46.1 Å². The Morgan fingerprint density at radius 1 is 1.35 bits per heavy atom. The minimum atomic E-state index is -0.220. The summed E-state index contributed by atoms with van der Waals surface area (Å²) in [5, 5.41) is 5.75. The van der Waals surface area contributed by atoms with E-state index in [0.717, 1.165) is 25.0 Å². The van der Waals surface area contributed by atoms with E-state index in [2.05, 4.69) is 15.6 Å². The van der Waals surface area contributed by atoms with Crippen LogP contribution in [0, 0.1) is 12.8 Å². The molecule has 0 spiro atoms. The van der Waals surface area contributed by atoms with Gasteiger partial charge in [-0.1, -0.05) is 13.8 Å². The summed E-state index contributed by atoms with van der Waals surface area (Å²) < 4.78 is 0. The molecule has 1 atom stereocenters. The van der Waals surface area contributed by atoms with Gasteiger partial charge in [-0.25, -0.2) is 4.79 Å². The molecule has 6 heteroatoms. The lowest BCUT2D eigenvalue weighted by Gasteiger charge is -2.33. The van der Waals surface area contributed by atoms with Crippen LogP contribution in [0.4, 0.5) is 10.5 Å². The van der Waals surface area contributed by atoms with Gasteiger partial charge in [-0.05, 0) is 38.3 Å². The molecule has 3 amide bonds. The molecule has 1 aromatic rings. The van der Waals surface area contributed by atoms with Crippen LogP contribution in [-0.2, 0) is 4.79 Å². The summed E-state index contributed by atoms with van der Waals surface area (Å²) in [6, 6.07) is 3.57. The molecule has 0 aliphatic carbocycles. The molecule has 0 bridgehead atoms. The number of rotatable bonds is 4. The van der Waals surface area contributed by atoms with E-state index in [0.29, 0.717) is 18.8 Å². The van der Waals surface area contributed by atoms with E-state index in [9.17, 15) is 9.59 Å². The van der Waals surface area contributed by atoms with Crippen LogP contribution in [0.1, 0.15) is 38.8 Å². The summed E-state index contributed by atoms with van der Waals surface area (Å²) >= 11 is 0. The number of anilines is 1. The Hall–Kier alpha value is -2.11. The van der Waals surface area contributed by atoms with Crippen LogP contribution < -0.4 is 10.6 Å². The Labute approximate surface area is 137 Å². The molecule has 2 N–H and O–H groups in total. The van der Waals surface area contributed by atoms with Crippen LogP contribution in [0.25, 0.3) is 0 Å². The van der Waals surface area contributed by atoms with Crippen molar-refractivity contribution in [1.29, 1.82) is 0 Å². The Balaban J connectivity index is 1.76. The maximum atomic E-state index is 12.1. The lowest BCUT2D eigenvalue weighted by atomic mass is 10.0. The highest BCUT2D eigenvalue weighted by Gasteiger charge is 2.25. The SMILES string of the molecule is CC[C@H](C)C(=O)N1CCC(NC(=O)Nc2ccc(C)nc2)CC1. The molecule has 126 valence electrons. The van der Waals surface area contributed by atoms with Gasteiger partial charge in [0.2, 0.25) is 5.91 Å². The molecule has 2 heterocycles. The number of urea groups is 1. The number of nitrogens with one attached hydrogen (secondary N) is 2. The zero-order valence-corrected chi connectivity index (χ0v) is 14.1. The molecule has 1 fully saturated rings. The lowest BCUT2D eigenvalue weighted by Crippen LogP contribution is -2.48. The van der Waals surface area contributed by atoms with Gasteiger partial charge in [0.1, 0.15) is 0 Å².